The van der Waals surface area contributed by atoms with E-state index in [4.69, 9.17) is 9.47 Å². The van der Waals surface area contributed by atoms with E-state index in [-0.39, 0.29) is 6.04 Å². The summed E-state index contributed by atoms with van der Waals surface area (Å²) in [5.41, 5.74) is 1.28. The molecule has 0 radical (unpaired) electrons. The number of morpholine rings is 1. The summed E-state index contributed by atoms with van der Waals surface area (Å²) in [4.78, 5) is 6.83. The van der Waals surface area contributed by atoms with Gasteiger partial charge in [-0.05, 0) is 24.1 Å². The highest BCUT2D eigenvalue weighted by molar-refractivity contribution is 5.79. The Bertz CT molecular complexity index is 527. The maximum Gasteiger partial charge on any atom is 0.191 e. The standard InChI is InChI=1S/C20H34N4O2/c1-4-5-6-11-22-20(21-2)23-16-19(24-12-14-26-15-13-24)17-7-9-18(25-3)10-8-17/h7-10,19H,4-6,11-16H2,1-3H3,(H2,21,22,23). The van der Waals surface area contributed by atoms with Crippen LogP contribution in [0.5, 0.6) is 5.75 Å². The number of hydrogen-bond donors (Lipinski definition) is 2. The first-order valence-corrected chi connectivity index (χ1v) is 9.68. The number of nitrogens with zero attached hydrogens (tertiary/aromatic N) is 2. The fourth-order valence-electron chi connectivity index (χ4n) is 3.17. The van der Waals surface area contributed by atoms with Crippen LogP contribution in [-0.2, 0) is 4.74 Å². The van der Waals surface area contributed by atoms with Gasteiger partial charge < -0.3 is 20.1 Å². The number of rotatable bonds is 9. The van der Waals surface area contributed by atoms with Gasteiger partial charge in [0.25, 0.3) is 0 Å². The van der Waals surface area contributed by atoms with Gasteiger partial charge in [0.05, 0.1) is 26.4 Å². The minimum Gasteiger partial charge on any atom is -0.497 e. The summed E-state index contributed by atoms with van der Waals surface area (Å²) in [6.45, 7) is 7.45. The SMILES string of the molecule is CCCCCNC(=NC)NCC(c1ccc(OC)cc1)N1CCOCC1. The predicted octanol–water partition coefficient (Wildman–Crippen LogP) is 2.42. The highest BCUT2D eigenvalue weighted by atomic mass is 16.5. The zero-order valence-corrected chi connectivity index (χ0v) is 16.5. The lowest BCUT2D eigenvalue weighted by Gasteiger charge is -2.35. The normalized spacial score (nSPS) is 17.0. The van der Waals surface area contributed by atoms with E-state index in [1.54, 1.807) is 7.11 Å². The second-order valence-corrected chi connectivity index (χ2v) is 6.52. The molecule has 0 spiro atoms. The Morgan fingerprint density at radius 1 is 1.19 bits per heavy atom. The Balaban J connectivity index is 1.98. The van der Waals surface area contributed by atoms with Gasteiger partial charge in [0.2, 0.25) is 0 Å². The van der Waals surface area contributed by atoms with E-state index in [1.165, 1.54) is 24.8 Å². The van der Waals surface area contributed by atoms with Crippen molar-refractivity contribution >= 4 is 5.96 Å². The number of methoxy groups -OCH3 is 1. The van der Waals surface area contributed by atoms with Gasteiger partial charge in [-0.3, -0.25) is 9.89 Å². The average Bonchev–Trinajstić information content (AvgIpc) is 2.71. The molecule has 1 atom stereocenters. The second-order valence-electron chi connectivity index (χ2n) is 6.52. The average molecular weight is 363 g/mol. The Labute approximate surface area is 158 Å². The fourth-order valence-corrected chi connectivity index (χ4v) is 3.17. The van der Waals surface area contributed by atoms with E-state index in [1.807, 2.05) is 19.2 Å². The lowest BCUT2D eigenvalue weighted by molar-refractivity contribution is 0.0170. The molecule has 0 bridgehead atoms. The van der Waals surface area contributed by atoms with Gasteiger partial charge >= 0.3 is 0 Å². The molecule has 1 aliphatic rings. The van der Waals surface area contributed by atoms with E-state index >= 15 is 0 Å². The smallest absolute Gasteiger partial charge is 0.191 e. The molecule has 6 nitrogen and oxygen atoms in total. The summed E-state index contributed by atoms with van der Waals surface area (Å²) in [6.07, 6.45) is 3.64. The highest BCUT2D eigenvalue weighted by Crippen LogP contribution is 2.23. The molecular formula is C20H34N4O2. The third kappa shape index (κ3) is 6.50. The molecule has 6 heteroatoms. The first kappa shape index (κ1) is 20.5. The molecule has 26 heavy (non-hydrogen) atoms. The summed E-state index contributed by atoms with van der Waals surface area (Å²) >= 11 is 0. The minimum absolute atomic E-state index is 0.277. The van der Waals surface area contributed by atoms with E-state index in [9.17, 15) is 0 Å². The summed E-state index contributed by atoms with van der Waals surface area (Å²) in [7, 11) is 3.52. The number of nitrogens with one attached hydrogen (secondary N) is 2. The van der Waals surface area contributed by atoms with Crippen molar-refractivity contribution in [2.45, 2.75) is 32.2 Å². The van der Waals surface area contributed by atoms with Crippen LogP contribution >= 0.6 is 0 Å². The molecule has 1 fully saturated rings. The van der Waals surface area contributed by atoms with E-state index in [2.05, 4.69) is 39.6 Å². The molecule has 1 unspecified atom stereocenters. The molecule has 0 aliphatic carbocycles. The van der Waals surface area contributed by atoms with Gasteiger partial charge in [-0.15, -0.1) is 0 Å². The lowest BCUT2D eigenvalue weighted by atomic mass is 10.0. The van der Waals surface area contributed by atoms with E-state index < -0.39 is 0 Å². The van der Waals surface area contributed by atoms with Crippen LogP contribution in [0.4, 0.5) is 0 Å². The summed E-state index contributed by atoms with van der Waals surface area (Å²) in [6, 6.07) is 8.64. The number of guanidine groups is 1. The third-order valence-corrected chi connectivity index (χ3v) is 4.75. The van der Waals surface area contributed by atoms with Gasteiger partial charge in [-0.25, -0.2) is 0 Å². The van der Waals surface area contributed by atoms with Crippen LogP contribution in [0.25, 0.3) is 0 Å². The molecule has 0 saturated carbocycles. The number of ether oxygens (including phenoxy) is 2. The van der Waals surface area contributed by atoms with Crippen LogP contribution in [0, 0.1) is 0 Å². The molecule has 2 rings (SSSR count). The summed E-state index contributed by atoms with van der Waals surface area (Å²) in [5.74, 6) is 1.75. The molecule has 1 heterocycles. The summed E-state index contributed by atoms with van der Waals surface area (Å²) in [5, 5.41) is 6.90. The van der Waals surface area contributed by atoms with Crippen molar-refractivity contribution in [1.29, 1.82) is 0 Å². The largest absolute Gasteiger partial charge is 0.497 e. The Morgan fingerprint density at radius 2 is 1.92 bits per heavy atom. The molecule has 1 aromatic rings. The number of aliphatic imine (C=N–C) groups is 1. The Kier molecular flexibility index (Phi) is 9.28. The molecule has 1 aromatic carbocycles. The second kappa shape index (κ2) is 11.8. The quantitative estimate of drug-likeness (QED) is 0.401. The molecule has 2 N–H and O–H groups in total. The van der Waals surface area contributed by atoms with E-state index in [0.717, 1.165) is 51.1 Å². The maximum absolute atomic E-state index is 5.53. The Hall–Kier alpha value is -1.79. The minimum atomic E-state index is 0.277. The van der Waals surface area contributed by atoms with Gasteiger partial charge in [-0.2, -0.15) is 0 Å². The Morgan fingerprint density at radius 3 is 2.54 bits per heavy atom. The molecule has 146 valence electrons. The topological polar surface area (TPSA) is 58.1 Å². The fraction of sp³-hybridized carbons (Fsp3) is 0.650. The van der Waals surface area contributed by atoms with Crippen LogP contribution in [0.1, 0.15) is 37.8 Å². The third-order valence-electron chi connectivity index (χ3n) is 4.75. The van der Waals surface area contributed by atoms with Crippen LogP contribution < -0.4 is 15.4 Å². The first-order chi connectivity index (χ1) is 12.8. The van der Waals surface area contributed by atoms with Crippen molar-refractivity contribution in [1.82, 2.24) is 15.5 Å². The van der Waals surface area contributed by atoms with Crippen LogP contribution in [0.2, 0.25) is 0 Å². The number of benzene rings is 1. The summed E-state index contributed by atoms with van der Waals surface area (Å²) < 4.78 is 10.8. The zero-order chi connectivity index (χ0) is 18.6. The van der Waals surface area contributed by atoms with E-state index in [0.29, 0.717) is 0 Å². The number of hydrogen-bond acceptors (Lipinski definition) is 4. The van der Waals surface area contributed by atoms with Crippen molar-refractivity contribution in [2.75, 3.05) is 53.6 Å². The number of unbranched alkanes of at least 4 members (excludes halogenated alkanes) is 2. The van der Waals surface area contributed by atoms with Crippen molar-refractivity contribution in [3.8, 4) is 5.75 Å². The molecule has 1 saturated heterocycles. The first-order valence-electron chi connectivity index (χ1n) is 9.68. The van der Waals surface area contributed by atoms with Crippen molar-refractivity contribution in [3.05, 3.63) is 29.8 Å². The molecule has 0 amide bonds. The van der Waals surface area contributed by atoms with Gasteiger partial charge in [0.15, 0.2) is 5.96 Å². The molecular weight excluding hydrogens is 328 g/mol. The van der Waals surface area contributed by atoms with Gasteiger partial charge in [0, 0.05) is 33.2 Å². The van der Waals surface area contributed by atoms with Gasteiger partial charge in [-0.1, -0.05) is 31.9 Å². The highest BCUT2D eigenvalue weighted by Gasteiger charge is 2.23. The van der Waals surface area contributed by atoms with Crippen molar-refractivity contribution in [3.63, 3.8) is 0 Å². The van der Waals surface area contributed by atoms with Crippen LogP contribution in [-0.4, -0.2) is 64.4 Å². The van der Waals surface area contributed by atoms with Crippen LogP contribution in [0.3, 0.4) is 0 Å². The predicted molar refractivity (Wildman–Crippen MR) is 107 cm³/mol. The lowest BCUT2D eigenvalue weighted by Crippen LogP contribution is -2.46. The van der Waals surface area contributed by atoms with Crippen molar-refractivity contribution in [2.24, 2.45) is 4.99 Å². The van der Waals surface area contributed by atoms with Crippen molar-refractivity contribution < 1.29 is 9.47 Å². The zero-order valence-electron chi connectivity index (χ0n) is 16.5. The molecule has 0 aromatic heterocycles. The monoisotopic (exact) mass is 362 g/mol. The molecule has 1 aliphatic heterocycles. The van der Waals surface area contributed by atoms with Crippen LogP contribution in [0.15, 0.2) is 29.3 Å². The van der Waals surface area contributed by atoms with Gasteiger partial charge in [0.1, 0.15) is 5.75 Å². The maximum atomic E-state index is 5.53.